The van der Waals surface area contributed by atoms with Gasteiger partial charge in [0.15, 0.2) is 0 Å². The lowest BCUT2D eigenvalue weighted by atomic mass is 10.3. The van der Waals surface area contributed by atoms with Crippen LogP contribution < -0.4 is 4.72 Å². The van der Waals surface area contributed by atoms with Crippen LogP contribution in [0.25, 0.3) is 0 Å². The fourth-order valence-electron chi connectivity index (χ4n) is 0.925. The minimum Gasteiger partial charge on any atom is -0.480 e. The van der Waals surface area contributed by atoms with Gasteiger partial charge in [-0.3, -0.25) is 4.79 Å². The largest absolute Gasteiger partial charge is 0.480 e. The quantitative estimate of drug-likeness (QED) is 0.744. The van der Waals surface area contributed by atoms with Crippen molar-refractivity contribution >= 4 is 50.5 Å². The first-order valence-corrected chi connectivity index (χ1v) is 7.14. The number of sulfonamides is 1. The van der Waals surface area contributed by atoms with Gasteiger partial charge in [0.2, 0.25) is 10.0 Å². The molecule has 0 saturated heterocycles. The van der Waals surface area contributed by atoms with Crippen molar-refractivity contribution in [3.05, 3.63) is 14.7 Å². The fourth-order valence-corrected chi connectivity index (χ4v) is 4.25. The van der Waals surface area contributed by atoms with Crippen molar-refractivity contribution in [1.29, 1.82) is 0 Å². The van der Waals surface area contributed by atoms with Crippen LogP contribution in [0.2, 0.25) is 8.67 Å². The lowest BCUT2D eigenvalue weighted by molar-refractivity contribution is -0.139. The Morgan fingerprint density at radius 1 is 1.53 bits per heavy atom. The van der Waals surface area contributed by atoms with Crippen LogP contribution in [0.4, 0.5) is 0 Å². The number of carboxylic acid groups (broad SMARTS) is 1. The molecule has 0 spiro atoms. The second kappa shape index (κ2) is 5.51. The van der Waals surface area contributed by atoms with Gasteiger partial charge < -0.3 is 10.2 Å². The minimum atomic E-state index is -4.12. The number of aliphatic carboxylic acids is 1. The Morgan fingerprint density at radius 3 is 2.47 bits per heavy atom. The van der Waals surface area contributed by atoms with Gasteiger partial charge >= 0.3 is 5.97 Å². The summed E-state index contributed by atoms with van der Waals surface area (Å²) in [6.07, 6.45) is 0. The molecule has 0 aliphatic carbocycles. The topological polar surface area (TPSA) is 104 Å². The zero-order valence-corrected chi connectivity index (χ0v) is 11.2. The molecule has 6 nitrogen and oxygen atoms in total. The third-order valence-electron chi connectivity index (χ3n) is 1.69. The lowest BCUT2D eigenvalue weighted by Gasteiger charge is -2.11. The van der Waals surface area contributed by atoms with Gasteiger partial charge in [-0.1, -0.05) is 23.2 Å². The molecule has 0 amide bonds. The van der Waals surface area contributed by atoms with Crippen molar-refractivity contribution in [1.82, 2.24) is 4.72 Å². The molecule has 0 fully saturated rings. The molecule has 0 aliphatic rings. The van der Waals surface area contributed by atoms with E-state index in [9.17, 15) is 13.2 Å². The minimum absolute atomic E-state index is 0.0791. The number of nitrogens with one attached hydrogen (secondary N) is 1. The van der Waals surface area contributed by atoms with Crippen LogP contribution >= 0.6 is 34.5 Å². The van der Waals surface area contributed by atoms with Gasteiger partial charge in [-0.25, -0.2) is 8.42 Å². The molecule has 1 rings (SSSR count). The summed E-state index contributed by atoms with van der Waals surface area (Å²) < 4.78 is 25.3. The van der Waals surface area contributed by atoms with Crippen LogP contribution in [-0.2, 0) is 14.8 Å². The van der Waals surface area contributed by atoms with Crippen LogP contribution in [0, 0.1) is 0 Å². The maximum absolute atomic E-state index is 11.7. The average Bonchev–Trinajstić information content (AvgIpc) is 2.54. The molecule has 0 aliphatic heterocycles. The maximum atomic E-state index is 11.7. The summed E-state index contributed by atoms with van der Waals surface area (Å²) in [6.45, 7) is -0.871. The van der Waals surface area contributed by atoms with Gasteiger partial charge in [0.05, 0.1) is 10.9 Å². The van der Waals surface area contributed by atoms with Crippen molar-refractivity contribution in [3.8, 4) is 0 Å². The van der Waals surface area contributed by atoms with Gasteiger partial charge in [-0.05, 0) is 6.07 Å². The monoisotopic (exact) mass is 319 g/mol. The highest BCUT2D eigenvalue weighted by molar-refractivity contribution is 7.89. The fraction of sp³-hybridized carbons (Fsp3) is 0.286. The Morgan fingerprint density at radius 2 is 2.12 bits per heavy atom. The van der Waals surface area contributed by atoms with Gasteiger partial charge in [0.1, 0.15) is 15.3 Å². The summed E-state index contributed by atoms with van der Waals surface area (Å²) in [5.41, 5.74) is 0. The summed E-state index contributed by atoms with van der Waals surface area (Å²) in [5, 5.41) is 17.3. The van der Waals surface area contributed by atoms with Crippen LogP contribution in [0.15, 0.2) is 11.0 Å². The van der Waals surface area contributed by atoms with E-state index in [-0.39, 0.29) is 13.6 Å². The van der Waals surface area contributed by atoms with E-state index in [1.807, 2.05) is 0 Å². The van der Waals surface area contributed by atoms with Crippen molar-refractivity contribution in [2.75, 3.05) is 6.61 Å². The number of hydrogen-bond acceptors (Lipinski definition) is 5. The number of aliphatic hydroxyl groups excluding tert-OH is 1. The molecule has 0 radical (unpaired) electrons. The number of carbonyl (C=O) groups is 1. The van der Waals surface area contributed by atoms with Crippen LogP contribution in [-0.4, -0.2) is 37.2 Å². The van der Waals surface area contributed by atoms with E-state index in [1.165, 1.54) is 0 Å². The smallest absolute Gasteiger partial charge is 0.324 e. The second-order valence-corrected chi connectivity index (χ2v) is 6.85. The molecule has 0 aromatic carbocycles. The van der Waals surface area contributed by atoms with Crippen LogP contribution in [0.3, 0.4) is 0 Å². The Bertz CT molecular complexity index is 526. The molecule has 0 saturated carbocycles. The van der Waals surface area contributed by atoms with Crippen LogP contribution in [0.5, 0.6) is 0 Å². The number of halogens is 2. The third-order valence-corrected chi connectivity index (χ3v) is 4.92. The third kappa shape index (κ3) is 3.54. The van der Waals surface area contributed by atoms with Crippen molar-refractivity contribution in [3.63, 3.8) is 0 Å². The maximum Gasteiger partial charge on any atom is 0.324 e. The zero-order chi connectivity index (χ0) is 13.2. The van der Waals surface area contributed by atoms with Gasteiger partial charge in [-0.15, -0.1) is 11.3 Å². The molecule has 1 atom stereocenters. The first-order valence-electron chi connectivity index (χ1n) is 4.08. The molecule has 17 heavy (non-hydrogen) atoms. The van der Waals surface area contributed by atoms with Crippen molar-refractivity contribution < 1.29 is 23.4 Å². The first kappa shape index (κ1) is 14.7. The predicted octanol–water partition coefficient (Wildman–Crippen LogP) is 0.779. The highest BCUT2D eigenvalue weighted by atomic mass is 35.5. The molecule has 0 bridgehead atoms. The summed E-state index contributed by atoms with van der Waals surface area (Å²) in [5.74, 6) is -1.49. The van der Waals surface area contributed by atoms with E-state index >= 15 is 0 Å². The lowest BCUT2D eigenvalue weighted by Crippen LogP contribution is -2.43. The highest BCUT2D eigenvalue weighted by Crippen LogP contribution is 2.34. The molecule has 1 aromatic heterocycles. The summed E-state index contributed by atoms with van der Waals surface area (Å²) >= 11 is 12.1. The number of aliphatic hydroxyl groups is 1. The summed E-state index contributed by atoms with van der Waals surface area (Å²) in [7, 11) is -4.12. The van der Waals surface area contributed by atoms with Gasteiger partial charge in [-0.2, -0.15) is 4.72 Å². The summed E-state index contributed by atoms with van der Waals surface area (Å²) in [6, 6.07) is -0.526. The Labute approximate surface area is 111 Å². The van der Waals surface area contributed by atoms with E-state index in [1.54, 1.807) is 4.72 Å². The Balaban J connectivity index is 3.04. The number of hydrogen-bond donors (Lipinski definition) is 3. The number of carboxylic acids is 1. The molecule has 1 aromatic rings. The average molecular weight is 320 g/mol. The number of rotatable bonds is 5. The number of thiophene rings is 1. The molecular weight excluding hydrogens is 313 g/mol. The van der Waals surface area contributed by atoms with Gasteiger partial charge in [0.25, 0.3) is 0 Å². The van der Waals surface area contributed by atoms with Gasteiger partial charge in [0, 0.05) is 0 Å². The van der Waals surface area contributed by atoms with E-state index in [0.29, 0.717) is 0 Å². The van der Waals surface area contributed by atoms with E-state index in [0.717, 1.165) is 17.4 Å². The Kier molecular flexibility index (Phi) is 4.76. The van der Waals surface area contributed by atoms with Crippen molar-refractivity contribution in [2.24, 2.45) is 0 Å². The summed E-state index contributed by atoms with van der Waals surface area (Å²) in [4.78, 5) is 10.3. The SMILES string of the molecule is O=C(O)[C@@H](CO)NS(=O)(=O)c1cc(Cl)sc1Cl. The normalized spacial score (nSPS) is 13.6. The Hall–Kier alpha value is -0.380. The standard InChI is InChI=1S/C7H7Cl2NO5S2/c8-5-1-4(6(9)16-5)17(14,15)10-3(2-11)7(12)13/h1,3,10-11H,2H2,(H,12,13)/t3-/m1/s1. The molecule has 1 heterocycles. The zero-order valence-electron chi connectivity index (χ0n) is 8.05. The van der Waals surface area contributed by atoms with E-state index in [4.69, 9.17) is 33.4 Å². The van der Waals surface area contributed by atoms with Crippen LogP contribution in [0.1, 0.15) is 0 Å². The predicted molar refractivity (Wildman–Crippen MR) is 63.2 cm³/mol. The highest BCUT2D eigenvalue weighted by Gasteiger charge is 2.27. The molecule has 96 valence electrons. The van der Waals surface area contributed by atoms with E-state index < -0.39 is 28.6 Å². The molecular formula is C7H7Cl2NO5S2. The van der Waals surface area contributed by atoms with E-state index in [2.05, 4.69) is 0 Å². The molecule has 3 N–H and O–H groups in total. The van der Waals surface area contributed by atoms with Crippen molar-refractivity contribution in [2.45, 2.75) is 10.9 Å². The molecule has 0 unspecified atom stereocenters. The first-order chi connectivity index (χ1) is 7.77. The second-order valence-electron chi connectivity index (χ2n) is 2.88. The molecule has 10 heteroatoms.